The highest BCUT2D eigenvalue weighted by Crippen LogP contribution is 2.35. The average molecular weight is 267 g/mol. The summed E-state index contributed by atoms with van der Waals surface area (Å²) in [5, 5.41) is 8.66. The molecule has 0 saturated carbocycles. The van der Waals surface area contributed by atoms with Gasteiger partial charge in [-0.25, -0.2) is 0 Å². The van der Waals surface area contributed by atoms with Gasteiger partial charge in [0, 0.05) is 26.1 Å². The lowest BCUT2D eigenvalue weighted by Gasteiger charge is -2.24. The Bertz CT molecular complexity index is 445. The molecule has 0 bridgehead atoms. The van der Waals surface area contributed by atoms with Crippen LogP contribution in [0, 0.1) is 6.92 Å². The van der Waals surface area contributed by atoms with E-state index in [0.717, 1.165) is 22.7 Å². The van der Waals surface area contributed by atoms with E-state index in [-0.39, 0.29) is 6.42 Å². The molecule has 0 atom stereocenters. The predicted molar refractivity (Wildman–Crippen MR) is 74.4 cm³/mol. The van der Waals surface area contributed by atoms with Crippen molar-refractivity contribution in [1.82, 2.24) is 0 Å². The Labute approximate surface area is 113 Å². The molecule has 1 rings (SSSR count). The Morgan fingerprint density at radius 1 is 1.32 bits per heavy atom. The van der Waals surface area contributed by atoms with Crippen LogP contribution in [0.25, 0.3) is 0 Å². The smallest absolute Gasteiger partial charge is 0.303 e. The molecule has 0 aromatic heterocycles. The van der Waals surface area contributed by atoms with Crippen molar-refractivity contribution >= 4 is 11.7 Å². The molecule has 0 heterocycles. The summed E-state index contributed by atoms with van der Waals surface area (Å²) < 4.78 is 10.6. The minimum Gasteiger partial charge on any atom is -0.497 e. The van der Waals surface area contributed by atoms with E-state index < -0.39 is 5.97 Å². The van der Waals surface area contributed by atoms with Crippen LogP contribution in [-0.4, -0.2) is 38.9 Å². The zero-order valence-corrected chi connectivity index (χ0v) is 11.9. The number of aliphatic carboxylic acids is 1. The van der Waals surface area contributed by atoms with Crippen LogP contribution < -0.4 is 14.4 Å². The number of carbonyl (C=O) groups is 1. The molecule has 0 radical (unpaired) electrons. The number of methoxy groups -OCH3 is 2. The summed E-state index contributed by atoms with van der Waals surface area (Å²) >= 11 is 0. The van der Waals surface area contributed by atoms with Crippen LogP contribution >= 0.6 is 0 Å². The standard InChI is InChI=1S/C14H21NO4/c1-10-8-11(18-3)9-12(19-4)14(10)15(2)7-5-6-13(16)17/h8-9H,5-7H2,1-4H3,(H,16,17). The first-order valence-electron chi connectivity index (χ1n) is 6.15. The summed E-state index contributed by atoms with van der Waals surface area (Å²) in [6.07, 6.45) is 0.766. The van der Waals surface area contributed by atoms with Crippen molar-refractivity contribution in [1.29, 1.82) is 0 Å². The average Bonchev–Trinajstić information content (AvgIpc) is 2.36. The lowest BCUT2D eigenvalue weighted by atomic mass is 10.1. The maximum Gasteiger partial charge on any atom is 0.303 e. The van der Waals surface area contributed by atoms with Crippen molar-refractivity contribution in [3.8, 4) is 11.5 Å². The number of carboxylic acid groups (broad SMARTS) is 1. The lowest BCUT2D eigenvalue weighted by molar-refractivity contribution is -0.137. The first-order chi connectivity index (χ1) is 8.99. The van der Waals surface area contributed by atoms with E-state index in [4.69, 9.17) is 14.6 Å². The SMILES string of the molecule is COc1cc(C)c(N(C)CCCC(=O)O)c(OC)c1. The largest absolute Gasteiger partial charge is 0.497 e. The van der Waals surface area contributed by atoms with Gasteiger partial charge in [-0.2, -0.15) is 0 Å². The van der Waals surface area contributed by atoms with E-state index in [1.807, 2.05) is 31.0 Å². The fourth-order valence-electron chi connectivity index (χ4n) is 2.06. The van der Waals surface area contributed by atoms with Gasteiger partial charge in [0.15, 0.2) is 0 Å². The first-order valence-corrected chi connectivity index (χ1v) is 6.15. The predicted octanol–water partition coefficient (Wildman–Crippen LogP) is 2.31. The van der Waals surface area contributed by atoms with Gasteiger partial charge in [-0.15, -0.1) is 0 Å². The molecule has 1 aromatic rings. The van der Waals surface area contributed by atoms with Gasteiger partial charge in [-0.1, -0.05) is 0 Å². The van der Waals surface area contributed by atoms with Crippen molar-refractivity contribution in [3.63, 3.8) is 0 Å². The van der Waals surface area contributed by atoms with E-state index in [1.165, 1.54) is 0 Å². The number of rotatable bonds is 7. The monoisotopic (exact) mass is 267 g/mol. The second kappa shape index (κ2) is 6.87. The molecular weight excluding hydrogens is 246 g/mol. The van der Waals surface area contributed by atoms with Crippen LogP contribution in [-0.2, 0) is 4.79 Å². The molecule has 0 fully saturated rings. The van der Waals surface area contributed by atoms with Crippen molar-refractivity contribution in [2.75, 3.05) is 32.7 Å². The summed E-state index contributed by atoms with van der Waals surface area (Å²) in [5.41, 5.74) is 2.00. The number of hydrogen-bond acceptors (Lipinski definition) is 4. The maximum atomic E-state index is 10.5. The molecule has 5 nitrogen and oxygen atoms in total. The molecule has 0 saturated heterocycles. The van der Waals surface area contributed by atoms with E-state index in [0.29, 0.717) is 13.0 Å². The van der Waals surface area contributed by atoms with Crippen LogP contribution in [0.4, 0.5) is 5.69 Å². The Morgan fingerprint density at radius 3 is 2.53 bits per heavy atom. The third kappa shape index (κ3) is 4.05. The van der Waals surface area contributed by atoms with Gasteiger partial charge in [0.05, 0.1) is 19.9 Å². The fourth-order valence-corrected chi connectivity index (χ4v) is 2.06. The Morgan fingerprint density at radius 2 is 2.00 bits per heavy atom. The van der Waals surface area contributed by atoms with Gasteiger partial charge in [-0.05, 0) is 25.0 Å². The number of nitrogens with zero attached hydrogens (tertiary/aromatic N) is 1. The summed E-state index contributed by atoms with van der Waals surface area (Å²) in [7, 11) is 5.16. The van der Waals surface area contributed by atoms with Crippen molar-refractivity contribution in [2.45, 2.75) is 19.8 Å². The zero-order valence-electron chi connectivity index (χ0n) is 11.9. The van der Waals surface area contributed by atoms with Crippen molar-refractivity contribution in [3.05, 3.63) is 17.7 Å². The van der Waals surface area contributed by atoms with E-state index in [2.05, 4.69) is 0 Å². The number of anilines is 1. The van der Waals surface area contributed by atoms with Gasteiger partial charge in [0.2, 0.25) is 0 Å². The highest BCUT2D eigenvalue weighted by Gasteiger charge is 2.13. The summed E-state index contributed by atoms with van der Waals surface area (Å²) in [4.78, 5) is 12.5. The first kappa shape index (κ1) is 15.1. The third-order valence-corrected chi connectivity index (χ3v) is 2.96. The molecule has 0 aliphatic heterocycles. The van der Waals surface area contributed by atoms with Gasteiger partial charge in [0.25, 0.3) is 0 Å². The number of benzene rings is 1. The molecule has 106 valence electrons. The Kier molecular flexibility index (Phi) is 5.48. The van der Waals surface area contributed by atoms with Crippen molar-refractivity contribution in [2.24, 2.45) is 0 Å². The Balaban J connectivity index is 2.88. The molecule has 19 heavy (non-hydrogen) atoms. The third-order valence-electron chi connectivity index (χ3n) is 2.96. The fraction of sp³-hybridized carbons (Fsp3) is 0.500. The maximum absolute atomic E-state index is 10.5. The molecule has 1 N–H and O–H groups in total. The minimum absolute atomic E-state index is 0.169. The minimum atomic E-state index is -0.771. The number of ether oxygens (including phenoxy) is 2. The van der Waals surface area contributed by atoms with Crippen LogP contribution in [0.5, 0.6) is 11.5 Å². The summed E-state index contributed by atoms with van der Waals surface area (Å²) in [5.74, 6) is 0.707. The summed E-state index contributed by atoms with van der Waals surface area (Å²) in [6, 6.07) is 3.77. The quantitative estimate of drug-likeness (QED) is 0.821. The molecule has 5 heteroatoms. The van der Waals surface area contributed by atoms with E-state index in [9.17, 15) is 4.79 Å². The lowest BCUT2D eigenvalue weighted by Crippen LogP contribution is -2.21. The topological polar surface area (TPSA) is 59.0 Å². The Hall–Kier alpha value is -1.91. The molecule has 0 aliphatic carbocycles. The van der Waals surface area contributed by atoms with Crippen LogP contribution in [0.15, 0.2) is 12.1 Å². The molecule has 1 aromatic carbocycles. The second-order valence-electron chi connectivity index (χ2n) is 4.41. The highest BCUT2D eigenvalue weighted by molar-refractivity contribution is 5.67. The van der Waals surface area contributed by atoms with Crippen molar-refractivity contribution < 1.29 is 19.4 Å². The highest BCUT2D eigenvalue weighted by atomic mass is 16.5. The van der Waals surface area contributed by atoms with Gasteiger partial charge < -0.3 is 19.5 Å². The second-order valence-corrected chi connectivity index (χ2v) is 4.41. The number of aryl methyl sites for hydroxylation is 1. The van der Waals surface area contributed by atoms with Crippen LogP contribution in [0.3, 0.4) is 0 Å². The van der Waals surface area contributed by atoms with Gasteiger partial charge in [0.1, 0.15) is 11.5 Å². The molecule has 0 amide bonds. The zero-order chi connectivity index (χ0) is 14.4. The normalized spacial score (nSPS) is 10.1. The van der Waals surface area contributed by atoms with Gasteiger partial charge in [-0.3, -0.25) is 4.79 Å². The van der Waals surface area contributed by atoms with E-state index in [1.54, 1.807) is 14.2 Å². The molecule has 0 unspecified atom stereocenters. The van der Waals surface area contributed by atoms with Gasteiger partial charge >= 0.3 is 5.97 Å². The molecular formula is C14H21NO4. The van der Waals surface area contributed by atoms with E-state index >= 15 is 0 Å². The van der Waals surface area contributed by atoms with Crippen LogP contribution in [0.1, 0.15) is 18.4 Å². The summed E-state index contributed by atoms with van der Waals surface area (Å²) in [6.45, 7) is 2.64. The number of carboxylic acids is 1. The van der Waals surface area contributed by atoms with Crippen LogP contribution in [0.2, 0.25) is 0 Å². The molecule has 0 aliphatic rings. The number of hydrogen-bond donors (Lipinski definition) is 1. The molecule has 0 spiro atoms.